The number of methoxy groups -OCH3 is 1. The van der Waals surface area contributed by atoms with Crippen molar-refractivity contribution in [2.45, 2.75) is 6.92 Å². The number of oxazole rings is 1. The smallest absolute Gasteiger partial charge is 0.305 e. The van der Waals surface area contributed by atoms with Crippen molar-refractivity contribution in [1.29, 1.82) is 0 Å². The van der Waals surface area contributed by atoms with Crippen LogP contribution in [0.15, 0.2) is 34.9 Å². The molecule has 0 aliphatic heterocycles. The second-order valence-electron chi connectivity index (χ2n) is 3.05. The minimum absolute atomic E-state index is 0.431. The van der Waals surface area contributed by atoms with Crippen LogP contribution < -0.4 is 4.74 Å². The summed E-state index contributed by atoms with van der Waals surface area (Å²) < 4.78 is 10.2. The molecule has 0 amide bonds. The first-order valence-corrected chi connectivity index (χ1v) is 4.36. The average molecular weight is 189 g/mol. The van der Waals surface area contributed by atoms with Crippen molar-refractivity contribution in [3.05, 3.63) is 36.0 Å². The van der Waals surface area contributed by atoms with Gasteiger partial charge in [0.05, 0.1) is 7.11 Å². The summed E-state index contributed by atoms with van der Waals surface area (Å²) in [5.41, 5.74) is 2.17. The Morgan fingerprint density at radius 1 is 1.21 bits per heavy atom. The SMILES string of the molecule is COc1cnc(-c2ccc(C)cc2)o1. The lowest BCUT2D eigenvalue weighted by Gasteiger charge is -1.95. The Balaban J connectivity index is 2.34. The van der Waals surface area contributed by atoms with Crippen LogP contribution in [-0.4, -0.2) is 12.1 Å². The number of aromatic nitrogens is 1. The molecule has 2 aromatic rings. The predicted octanol–water partition coefficient (Wildman–Crippen LogP) is 2.66. The Morgan fingerprint density at radius 3 is 2.50 bits per heavy atom. The Bertz CT molecular complexity index is 417. The summed E-state index contributed by atoms with van der Waals surface area (Å²) in [7, 11) is 1.55. The fourth-order valence-corrected chi connectivity index (χ4v) is 1.18. The average Bonchev–Trinajstić information content (AvgIpc) is 2.67. The maximum absolute atomic E-state index is 5.33. The zero-order valence-corrected chi connectivity index (χ0v) is 8.15. The van der Waals surface area contributed by atoms with E-state index < -0.39 is 0 Å². The van der Waals surface area contributed by atoms with Gasteiger partial charge in [0.25, 0.3) is 0 Å². The molecule has 3 heteroatoms. The van der Waals surface area contributed by atoms with Crippen LogP contribution >= 0.6 is 0 Å². The predicted molar refractivity (Wildman–Crippen MR) is 53.2 cm³/mol. The van der Waals surface area contributed by atoms with E-state index in [0.717, 1.165) is 5.56 Å². The van der Waals surface area contributed by atoms with E-state index in [4.69, 9.17) is 9.15 Å². The van der Waals surface area contributed by atoms with Crippen LogP contribution in [-0.2, 0) is 0 Å². The van der Waals surface area contributed by atoms with Crippen LogP contribution in [0.3, 0.4) is 0 Å². The van der Waals surface area contributed by atoms with Gasteiger partial charge in [0.2, 0.25) is 5.89 Å². The molecule has 0 N–H and O–H groups in total. The van der Waals surface area contributed by atoms with Crippen molar-refractivity contribution in [2.75, 3.05) is 7.11 Å². The lowest BCUT2D eigenvalue weighted by molar-refractivity contribution is 0.309. The maximum Gasteiger partial charge on any atom is 0.305 e. The van der Waals surface area contributed by atoms with Gasteiger partial charge in [-0.1, -0.05) is 17.7 Å². The molecule has 0 aliphatic rings. The van der Waals surface area contributed by atoms with Crippen LogP contribution in [0.25, 0.3) is 11.5 Å². The molecule has 3 nitrogen and oxygen atoms in total. The number of hydrogen-bond acceptors (Lipinski definition) is 3. The second kappa shape index (κ2) is 3.54. The van der Waals surface area contributed by atoms with Gasteiger partial charge < -0.3 is 9.15 Å². The third-order valence-electron chi connectivity index (χ3n) is 1.98. The maximum atomic E-state index is 5.33. The first kappa shape index (κ1) is 8.81. The summed E-state index contributed by atoms with van der Waals surface area (Å²) in [5, 5.41) is 0. The molecule has 0 fully saturated rings. The quantitative estimate of drug-likeness (QED) is 0.728. The molecule has 0 aliphatic carbocycles. The Morgan fingerprint density at radius 2 is 1.93 bits per heavy atom. The summed E-state index contributed by atoms with van der Waals surface area (Å²) in [5.74, 6) is 1.02. The van der Waals surface area contributed by atoms with Gasteiger partial charge in [-0.05, 0) is 19.1 Å². The largest absolute Gasteiger partial charge is 0.467 e. The van der Waals surface area contributed by atoms with E-state index >= 15 is 0 Å². The van der Waals surface area contributed by atoms with E-state index in [1.807, 2.05) is 31.2 Å². The minimum atomic E-state index is 0.431. The molecule has 14 heavy (non-hydrogen) atoms. The van der Waals surface area contributed by atoms with E-state index in [0.29, 0.717) is 11.8 Å². The molecule has 1 aromatic carbocycles. The first-order chi connectivity index (χ1) is 6.79. The van der Waals surface area contributed by atoms with Crippen LogP contribution in [0, 0.1) is 6.92 Å². The van der Waals surface area contributed by atoms with Crippen molar-refractivity contribution in [1.82, 2.24) is 4.98 Å². The zero-order valence-electron chi connectivity index (χ0n) is 8.15. The van der Waals surface area contributed by atoms with Crippen molar-refractivity contribution in [3.8, 4) is 17.4 Å². The van der Waals surface area contributed by atoms with Crippen molar-refractivity contribution in [2.24, 2.45) is 0 Å². The first-order valence-electron chi connectivity index (χ1n) is 4.36. The van der Waals surface area contributed by atoms with Crippen molar-refractivity contribution < 1.29 is 9.15 Å². The van der Waals surface area contributed by atoms with Gasteiger partial charge in [-0.3, -0.25) is 0 Å². The van der Waals surface area contributed by atoms with Gasteiger partial charge in [-0.25, -0.2) is 4.98 Å². The van der Waals surface area contributed by atoms with Crippen LogP contribution in [0.4, 0.5) is 0 Å². The van der Waals surface area contributed by atoms with Crippen molar-refractivity contribution >= 4 is 0 Å². The summed E-state index contributed by atoms with van der Waals surface area (Å²) in [4.78, 5) is 4.10. The van der Waals surface area contributed by atoms with Gasteiger partial charge in [-0.15, -0.1) is 0 Å². The van der Waals surface area contributed by atoms with Gasteiger partial charge in [0.1, 0.15) is 6.20 Å². The van der Waals surface area contributed by atoms with E-state index in [-0.39, 0.29) is 0 Å². The number of ether oxygens (including phenoxy) is 1. The summed E-state index contributed by atoms with van der Waals surface area (Å²) >= 11 is 0. The molecule has 0 bridgehead atoms. The van der Waals surface area contributed by atoms with Crippen molar-refractivity contribution in [3.63, 3.8) is 0 Å². The minimum Gasteiger partial charge on any atom is -0.467 e. The Kier molecular flexibility index (Phi) is 2.23. The summed E-state index contributed by atoms with van der Waals surface area (Å²) in [6, 6.07) is 7.99. The van der Waals surface area contributed by atoms with Gasteiger partial charge in [0, 0.05) is 5.56 Å². The number of hydrogen-bond donors (Lipinski definition) is 0. The van der Waals surface area contributed by atoms with E-state index in [1.165, 1.54) is 5.56 Å². The molecule has 1 heterocycles. The van der Waals surface area contributed by atoms with Crippen LogP contribution in [0.1, 0.15) is 5.56 Å². The molecule has 0 spiro atoms. The highest BCUT2D eigenvalue weighted by molar-refractivity contribution is 5.53. The van der Waals surface area contributed by atoms with Gasteiger partial charge in [0.15, 0.2) is 0 Å². The van der Waals surface area contributed by atoms with E-state index in [2.05, 4.69) is 4.98 Å². The monoisotopic (exact) mass is 189 g/mol. The Labute approximate surface area is 82.3 Å². The Hall–Kier alpha value is -1.77. The lowest BCUT2D eigenvalue weighted by Crippen LogP contribution is -1.77. The molecule has 2 rings (SSSR count). The fourth-order valence-electron chi connectivity index (χ4n) is 1.18. The molecule has 0 unspecified atom stereocenters. The third kappa shape index (κ3) is 1.62. The number of nitrogens with zero attached hydrogens (tertiary/aromatic N) is 1. The molecular weight excluding hydrogens is 178 g/mol. The molecular formula is C11H11NO2. The molecule has 0 saturated carbocycles. The number of aryl methyl sites for hydroxylation is 1. The normalized spacial score (nSPS) is 10.1. The molecule has 72 valence electrons. The van der Waals surface area contributed by atoms with Gasteiger partial charge >= 0.3 is 5.95 Å². The number of benzene rings is 1. The number of rotatable bonds is 2. The highest BCUT2D eigenvalue weighted by atomic mass is 16.6. The van der Waals surface area contributed by atoms with E-state index in [1.54, 1.807) is 13.3 Å². The second-order valence-corrected chi connectivity index (χ2v) is 3.05. The highest BCUT2D eigenvalue weighted by Crippen LogP contribution is 2.22. The highest BCUT2D eigenvalue weighted by Gasteiger charge is 2.05. The standard InChI is InChI=1S/C11H11NO2/c1-8-3-5-9(6-4-8)11-12-7-10(13-2)14-11/h3-7H,1-2H3. The van der Waals surface area contributed by atoms with E-state index in [9.17, 15) is 0 Å². The fraction of sp³-hybridized carbons (Fsp3) is 0.182. The lowest BCUT2D eigenvalue weighted by atomic mass is 10.1. The van der Waals surface area contributed by atoms with Crippen LogP contribution in [0.5, 0.6) is 5.95 Å². The van der Waals surface area contributed by atoms with Gasteiger partial charge in [-0.2, -0.15) is 0 Å². The summed E-state index contributed by atoms with van der Waals surface area (Å²) in [6.45, 7) is 2.04. The molecule has 1 aromatic heterocycles. The third-order valence-corrected chi connectivity index (χ3v) is 1.98. The zero-order chi connectivity index (χ0) is 9.97. The molecule has 0 radical (unpaired) electrons. The summed E-state index contributed by atoms with van der Waals surface area (Å²) in [6.07, 6.45) is 1.56. The van der Waals surface area contributed by atoms with Crippen LogP contribution in [0.2, 0.25) is 0 Å². The molecule has 0 saturated heterocycles. The molecule has 0 atom stereocenters. The topological polar surface area (TPSA) is 35.3 Å².